The molecule has 1 saturated heterocycles. The fourth-order valence-electron chi connectivity index (χ4n) is 3.15. The molecule has 3 rings (SSSR count). The van der Waals surface area contributed by atoms with E-state index in [0.29, 0.717) is 18.6 Å². The van der Waals surface area contributed by atoms with Crippen LogP contribution < -0.4 is 15.5 Å². The molecule has 1 aliphatic rings. The molecule has 1 aromatic carbocycles. The Labute approximate surface area is 166 Å². The number of oxazole rings is 1. The van der Waals surface area contributed by atoms with Gasteiger partial charge in [0.25, 0.3) is 6.01 Å². The van der Waals surface area contributed by atoms with Crippen LogP contribution in [0.15, 0.2) is 28.7 Å². The number of amides is 1. The summed E-state index contributed by atoms with van der Waals surface area (Å²) in [5, 5.41) is 6.36. The van der Waals surface area contributed by atoms with Gasteiger partial charge >= 0.3 is 0 Å². The van der Waals surface area contributed by atoms with Gasteiger partial charge in [0.2, 0.25) is 5.91 Å². The van der Waals surface area contributed by atoms with Crippen LogP contribution in [0, 0.1) is 5.92 Å². The number of hydrogen-bond acceptors (Lipinski definition) is 5. The number of halogens is 2. The largest absolute Gasteiger partial charge is 0.423 e. The van der Waals surface area contributed by atoms with Gasteiger partial charge in [0.1, 0.15) is 5.52 Å². The number of aromatic nitrogens is 1. The summed E-state index contributed by atoms with van der Waals surface area (Å²) in [5.41, 5.74) is 1.69. The van der Waals surface area contributed by atoms with Gasteiger partial charge in [0.05, 0.1) is 0 Å². The van der Waals surface area contributed by atoms with Crippen molar-refractivity contribution in [2.45, 2.75) is 32.7 Å². The number of para-hydroxylation sites is 2. The van der Waals surface area contributed by atoms with Crippen LogP contribution in [0.5, 0.6) is 0 Å². The third-order valence-corrected chi connectivity index (χ3v) is 4.55. The van der Waals surface area contributed by atoms with E-state index in [1.165, 1.54) is 0 Å². The molecule has 6 nitrogen and oxygen atoms in total. The average Bonchev–Trinajstić information content (AvgIpc) is 3.04. The molecule has 146 valence electrons. The SMILES string of the molecule is CCN[C@H](C)CNC(=O)C1CCN(c2nc3ccccc3o2)CC1.Cl.Cl. The minimum Gasteiger partial charge on any atom is -0.423 e. The minimum atomic E-state index is 0. The van der Waals surface area contributed by atoms with Crippen molar-refractivity contribution in [1.82, 2.24) is 15.6 Å². The number of rotatable bonds is 6. The Hall–Kier alpha value is -1.50. The van der Waals surface area contributed by atoms with E-state index in [0.717, 1.165) is 43.6 Å². The highest BCUT2D eigenvalue weighted by Gasteiger charge is 2.27. The number of fused-ring (bicyclic) bond motifs is 1. The molecule has 0 spiro atoms. The molecular formula is C18H28Cl2N4O2. The quantitative estimate of drug-likeness (QED) is 0.776. The molecule has 0 radical (unpaired) electrons. The van der Waals surface area contributed by atoms with Gasteiger partial charge in [-0.25, -0.2) is 0 Å². The zero-order valence-corrected chi connectivity index (χ0v) is 16.9. The summed E-state index contributed by atoms with van der Waals surface area (Å²) in [5.74, 6) is 0.247. The fourth-order valence-corrected chi connectivity index (χ4v) is 3.15. The van der Waals surface area contributed by atoms with Crippen molar-refractivity contribution >= 4 is 47.8 Å². The van der Waals surface area contributed by atoms with Crippen molar-refractivity contribution < 1.29 is 9.21 Å². The first-order valence-corrected chi connectivity index (χ1v) is 8.79. The summed E-state index contributed by atoms with van der Waals surface area (Å²) >= 11 is 0. The van der Waals surface area contributed by atoms with E-state index in [9.17, 15) is 4.79 Å². The Bertz CT molecular complexity index is 654. The van der Waals surface area contributed by atoms with Crippen molar-refractivity contribution in [3.63, 3.8) is 0 Å². The monoisotopic (exact) mass is 402 g/mol. The summed E-state index contributed by atoms with van der Waals surface area (Å²) in [6.45, 7) is 7.35. The summed E-state index contributed by atoms with van der Waals surface area (Å²) in [7, 11) is 0. The predicted molar refractivity (Wildman–Crippen MR) is 110 cm³/mol. The van der Waals surface area contributed by atoms with Gasteiger partial charge in [0.15, 0.2) is 5.58 Å². The van der Waals surface area contributed by atoms with Crippen LogP contribution in [0.3, 0.4) is 0 Å². The first-order chi connectivity index (χ1) is 11.7. The highest BCUT2D eigenvalue weighted by molar-refractivity contribution is 5.85. The first kappa shape index (κ1) is 22.5. The number of likely N-dealkylation sites (N-methyl/N-ethyl adjacent to an activating group) is 1. The summed E-state index contributed by atoms with van der Waals surface area (Å²) in [4.78, 5) is 19.0. The smallest absolute Gasteiger partial charge is 0.298 e. The van der Waals surface area contributed by atoms with Crippen molar-refractivity contribution in [3.05, 3.63) is 24.3 Å². The Kier molecular flexibility index (Phi) is 9.19. The summed E-state index contributed by atoms with van der Waals surface area (Å²) in [6, 6.07) is 8.75. The first-order valence-electron chi connectivity index (χ1n) is 8.79. The van der Waals surface area contributed by atoms with Gasteiger partial charge in [0, 0.05) is 31.6 Å². The van der Waals surface area contributed by atoms with Crippen molar-refractivity contribution in [2.24, 2.45) is 5.92 Å². The van der Waals surface area contributed by atoms with E-state index in [2.05, 4.69) is 34.4 Å². The normalized spacial score (nSPS) is 15.8. The zero-order chi connectivity index (χ0) is 16.9. The van der Waals surface area contributed by atoms with E-state index in [-0.39, 0.29) is 36.6 Å². The second kappa shape index (κ2) is 10.6. The highest BCUT2D eigenvalue weighted by atomic mass is 35.5. The molecule has 0 unspecified atom stereocenters. The lowest BCUT2D eigenvalue weighted by molar-refractivity contribution is -0.125. The Morgan fingerprint density at radius 1 is 1.31 bits per heavy atom. The van der Waals surface area contributed by atoms with Crippen LogP contribution in [0.2, 0.25) is 0 Å². The molecule has 1 atom stereocenters. The molecule has 1 amide bonds. The molecule has 0 saturated carbocycles. The molecule has 1 fully saturated rings. The third kappa shape index (κ3) is 5.50. The number of benzene rings is 1. The Balaban J connectivity index is 0.00000169. The molecule has 0 bridgehead atoms. The molecule has 1 aromatic heterocycles. The molecule has 8 heteroatoms. The molecule has 2 aromatic rings. The van der Waals surface area contributed by atoms with E-state index in [1.807, 2.05) is 24.3 Å². The average molecular weight is 403 g/mol. The predicted octanol–water partition coefficient (Wildman–Crippen LogP) is 3.00. The molecule has 0 aliphatic carbocycles. The zero-order valence-electron chi connectivity index (χ0n) is 15.2. The van der Waals surface area contributed by atoms with Gasteiger partial charge < -0.3 is 20.0 Å². The van der Waals surface area contributed by atoms with E-state index in [4.69, 9.17) is 4.42 Å². The molecule has 2 heterocycles. The topological polar surface area (TPSA) is 70.4 Å². The van der Waals surface area contributed by atoms with Crippen LogP contribution in [0.1, 0.15) is 26.7 Å². The lowest BCUT2D eigenvalue weighted by Crippen LogP contribution is -2.44. The van der Waals surface area contributed by atoms with Crippen molar-refractivity contribution in [1.29, 1.82) is 0 Å². The lowest BCUT2D eigenvalue weighted by Gasteiger charge is -2.30. The molecular weight excluding hydrogens is 375 g/mol. The maximum atomic E-state index is 12.3. The van der Waals surface area contributed by atoms with E-state index >= 15 is 0 Å². The Morgan fingerprint density at radius 2 is 2.00 bits per heavy atom. The number of carbonyl (C=O) groups is 1. The van der Waals surface area contributed by atoms with Crippen LogP contribution in [0.4, 0.5) is 6.01 Å². The van der Waals surface area contributed by atoms with Crippen LogP contribution in [-0.2, 0) is 4.79 Å². The van der Waals surface area contributed by atoms with Crippen molar-refractivity contribution in [3.8, 4) is 0 Å². The van der Waals surface area contributed by atoms with Crippen LogP contribution in [-0.4, -0.2) is 43.1 Å². The van der Waals surface area contributed by atoms with Gasteiger partial charge in [-0.3, -0.25) is 4.79 Å². The second-order valence-corrected chi connectivity index (χ2v) is 6.43. The van der Waals surface area contributed by atoms with Crippen LogP contribution >= 0.6 is 24.8 Å². The van der Waals surface area contributed by atoms with Gasteiger partial charge in [-0.2, -0.15) is 4.98 Å². The molecule has 2 N–H and O–H groups in total. The van der Waals surface area contributed by atoms with E-state index < -0.39 is 0 Å². The maximum absolute atomic E-state index is 12.3. The second-order valence-electron chi connectivity index (χ2n) is 6.43. The highest BCUT2D eigenvalue weighted by Crippen LogP contribution is 2.26. The third-order valence-electron chi connectivity index (χ3n) is 4.55. The number of hydrogen-bond donors (Lipinski definition) is 2. The number of carbonyl (C=O) groups excluding carboxylic acids is 1. The minimum absolute atomic E-state index is 0. The number of nitrogens with one attached hydrogen (secondary N) is 2. The van der Waals surface area contributed by atoms with E-state index in [1.54, 1.807) is 0 Å². The Morgan fingerprint density at radius 3 is 2.65 bits per heavy atom. The standard InChI is InChI=1S/C18H26N4O2.2ClH/c1-3-19-13(2)12-20-17(23)14-8-10-22(11-9-14)18-21-15-6-4-5-7-16(15)24-18;;/h4-7,13-14,19H,3,8-12H2,1-2H3,(H,20,23);2*1H/t13-;;/m1../s1. The number of piperidine rings is 1. The van der Waals surface area contributed by atoms with Gasteiger partial charge in [-0.05, 0) is 38.4 Å². The van der Waals surface area contributed by atoms with Gasteiger partial charge in [-0.15, -0.1) is 24.8 Å². The number of anilines is 1. The maximum Gasteiger partial charge on any atom is 0.298 e. The van der Waals surface area contributed by atoms with Gasteiger partial charge in [-0.1, -0.05) is 19.1 Å². The van der Waals surface area contributed by atoms with Crippen molar-refractivity contribution in [2.75, 3.05) is 31.1 Å². The molecule has 26 heavy (non-hydrogen) atoms. The molecule has 1 aliphatic heterocycles. The van der Waals surface area contributed by atoms with Crippen LogP contribution in [0.25, 0.3) is 11.1 Å². The number of nitrogens with zero attached hydrogens (tertiary/aromatic N) is 2. The fraction of sp³-hybridized carbons (Fsp3) is 0.556. The summed E-state index contributed by atoms with van der Waals surface area (Å²) in [6.07, 6.45) is 1.67. The summed E-state index contributed by atoms with van der Waals surface area (Å²) < 4.78 is 5.82. The lowest BCUT2D eigenvalue weighted by atomic mass is 9.96.